The molecule has 4 nitrogen and oxygen atoms in total. The Morgan fingerprint density at radius 2 is 1.74 bits per heavy atom. The summed E-state index contributed by atoms with van der Waals surface area (Å²) in [5.74, 6) is -0.747. The van der Waals surface area contributed by atoms with Crippen LogP contribution in [0.1, 0.15) is 58.5 Å². The van der Waals surface area contributed by atoms with E-state index in [1.54, 1.807) is 13.0 Å². The minimum atomic E-state index is -0.949. The Balaban J connectivity index is 1.94. The smallest absolute Gasteiger partial charge is 0.335 e. The molecule has 1 aliphatic rings. The zero-order chi connectivity index (χ0) is 19.0. The number of ketones is 1. The van der Waals surface area contributed by atoms with Gasteiger partial charge >= 0.3 is 5.97 Å². The van der Waals surface area contributed by atoms with Crippen LogP contribution in [0.4, 0.5) is 0 Å². The first-order valence-electron chi connectivity index (χ1n) is 9.55. The number of aryl methyl sites for hydroxylation is 1. The third-order valence-corrected chi connectivity index (χ3v) is 5.66. The minimum absolute atomic E-state index is 0.0503. The largest absolute Gasteiger partial charge is 0.478 e. The molecule has 1 aromatic heterocycles. The van der Waals surface area contributed by atoms with Crippen molar-refractivity contribution in [3.63, 3.8) is 0 Å². The number of hydrogen-bond acceptors (Lipinski definition) is 2. The van der Waals surface area contributed by atoms with E-state index in [4.69, 9.17) is 0 Å². The van der Waals surface area contributed by atoms with Gasteiger partial charge in [-0.1, -0.05) is 49.6 Å². The summed E-state index contributed by atoms with van der Waals surface area (Å²) < 4.78 is 0. The van der Waals surface area contributed by atoms with Crippen LogP contribution in [0.15, 0.2) is 42.5 Å². The Hall–Kier alpha value is -2.88. The molecule has 1 fully saturated rings. The number of Topliss-reactive ketones (excluding diaryl/α,β-unsaturated/α-hetero) is 1. The maximum absolute atomic E-state index is 13.3. The SMILES string of the molecule is Cc1cc2[nH]c(C(=O)C3CCCCC3)c(-c3ccccc3)c2cc1C(=O)O. The summed E-state index contributed by atoms with van der Waals surface area (Å²) in [6.07, 6.45) is 5.26. The number of carboxylic acids is 1. The number of fused-ring (bicyclic) bond motifs is 1. The van der Waals surface area contributed by atoms with Gasteiger partial charge < -0.3 is 10.1 Å². The summed E-state index contributed by atoms with van der Waals surface area (Å²) in [7, 11) is 0. The molecule has 4 heteroatoms. The van der Waals surface area contributed by atoms with Crippen LogP contribution in [0.2, 0.25) is 0 Å². The fourth-order valence-corrected chi connectivity index (χ4v) is 4.24. The van der Waals surface area contributed by atoms with Gasteiger partial charge in [-0.15, -0.1) is 0 Å². The molecule has 3 aromatic rings. The molecule has 0 saturated heterocycles. The van der Waals surface area contributed by atoms with Crippen LogP contribution in [-0.4, -0.2) is 21.8 Å². The summed E-state index contributed by atoms with van der Waals surface area (Å²) in [4.78, 5) is 28.3. The van der Waals surface area contributed by atoms with Crippen LogP contribution in [-0.2, 0) is 0 Å². The molecule has 1 aliphatic carbocycles. The van der Waals surface area contributed by atoms with Crippen LogP contribution in [0.25, 0.3) is 22.0 Å². The Morgan fingerprint density at radius 1 is 1.04 bits per heavy atom. The van der Waals surface area contributed by atoms with Crippen LogP contribution in [0.5, 0.6) is 0 Å². The van der Waals surface area contributed by atoms with Gasteiger partial charge in [0.1, 0.15) is 0 Å². The van der Waals surface area contributed by atoms with Gasteiger partial charge in [0.25, 0.3) is 0 Å². The fourth-order valence-electron chi connectivity index (χ4n) is 4.24. The van der Waals surface area contributed by atoms with E-state index in [1.165, 1.54) is 6.42 Å². The first kappa shape index (κ1) is 17.5. The third kappa shape index (κ3) is 3.16. The lowest BCUT2D eigenvalue weighted by atomic mass is 9.84. The number of rotatable bonds is 4. The van der Waals surface area contributed by atoms with Gasteiger partial charge in [0, 0.05) is 22.4 Å². The molecule has 0 atom stereocenters. The zero-order valence-corrected chi connectivity index (χ0v) is 15.4. The number of nitrogens with one attached hydrogen (secondary N) is 1. The monoisotopic (exact) mass is 361 g/mol. The number of hydrogen-bond donors (Lipinski definition) is 2. The van der Waals surface area contributed by atoms with Crippen LogP contribution in [0.3, 0.4) is 0 Å². The second-order valence-electron chi connectivity index (χ2n) is 7.46. The Labute approximate surface area is 158 Å². The number of carboxylic acid groups (broad SMARTS) is 1. The van der Waals surface area contributed by atoms with Crippen molar-refractivity contribution >= 4 is 22.7 Å². The molecule has 0 bridgehead atoms. The molecule has 1 heterocycles. The molecule has 4 rings (SSSR count). The maximum atomic E-state index is 13.3. The number of aromatic carboxylic acids is 1. The Morgan fingerprint density at radius 3 is 2.41 bits per heavy atom. The van der Waals surface area contributed by atoms with E-state index >= 15 is 0 Å². The topological polar surface area (TPSA) is 70.2 Å². The highest BCUT2D eigenvalue weighted by atomic mass is 16.4. The average molecular weight is 361 g/mol. The van der Waals surface area contributed by atoms with E-state index < -0.39 is 5.97 Å². The number of aromatic amines is 1. The van der Waals surface area contributed by atoms with E-state index in [0.29, 0.717) is 11.3 Å². The molecule has 0 aliphatic heterocycles. The van der Waals surface area contributed by atoms with Crippen LogP contribution in [0, 0.1) is 12.8 Å². The van der Waals surface area contributed by atoms with Gasteiger partial charge in [0.05, 0.1) is 11.3 Å². The molecule has 2 N–H and O–H groups in total. The number of aromatic nitrogens is 1. The van der Waals surface area contributed by atoms with Gasteiger partial charge in [-0.05, 0) is 43.0 Å². The van der Waals surface area contributed by atoms with E-state index in [1.807, 2.05) is 36.4 Å². The second kappa shape index (κ2) is 7.03. The van der Waals surface area contributed by atoms with Gasteiger partial charge in [-0.3, -0.25) is 4.79 Å². The molecule has 0 spiro atoms. The zero-order valence-electron chi connectivity index (χ0n) is 15.4. The molecular formula is C23H23NO3. The lowest BCUT2D eigenvalue weighted by molar-refractivity contribution is 0.0696. The normalized spacial score (nSPS) is 15.1. The van der Waals surface area contributed by atoms with Crippen molar-refractivity contribution in [2.75, 3.05) is 0 Å². The summed E-state index contributed by atoms with van der Waals surface area (Å²) in [6.45, 7) is 1.79. The highest BCUT2D eigenvalue weighted by Gasteiger charge is 2.28. The van der Waals surface area contributed by atoms with E-state index in [9.17, 15) is 14.7 Å². The molecular weight excluding hydrogens is 338 g/mol. The van der Waals surface area contributed by atoms with E-state index in [-0.39, 0.29) is 17.3 Å². The van der Waals surface area contributed by atoms with Crippen molar-refractivity contribution < 1.29 is 14.7 Å². The highest BCUT2D eigenvalue weighted by Crippen LogP contribution is 2.37. The van der Waals surface area contributed by atoms with Crippen LogP contribution < -0.4 is 0 Å². The number of carbonyl (C=O) groups is 2. The standard InChI is InChI=1S/C23H23NO3/c1-14-12-19-18(13-17(14)23(26)27)20(15-8-4-2-5-9-15)21(24-19)22(25)16-10-6-3-7-11-16/h2,4-5,8-9,12-13,16,24H,3,6-7,10-11H2,1H3,(H,26,27). The van der Waals surface area contributed by atoms with Crippen LogP contribution >= 0.6 is 0 Å². The predicted molar refractivity (Wildman–Crippen MR) is 106 cm³/mol. The molecule has 138 valence electrons. The quantitative estimate of drug-likeness (QED) is 0.594. The Kier molecular flexibility index (Phi) is 4.56. The van der Waals surface area contributed by atoms with Gasteiger partial charge in [0.2, 0.25) is 0 Å². The molecule has 1 saturated carbocycles. The lowest BCUT2D eigenvalue weighted by Gasteiger charge is -2.20. The van der Waals surface area contributed by atoms with Crippen molar-refractivity contribution in [1.82, 2.24) is 4.98 Å². The first-order valence-corrected chi connectivity index (χ1v) is 9.55. The third-order valence-electron chi connectivity index (χ3n) is 5.66. The molecule has 27 heavy (non-hydrogen) atoms. The molecule has 2 aromatic carbocycles. The summed E-state index contributed by atoms with van der Waals surface area (Å²) in [6, 6.07) is 13.3. The predicted octanol–water partition coefficient (Wildman–Crippen LogP) is 5.60. The van der Waals surface area contributed by atoms with E-state index in [0.717, 1.165) is 47.7 Å². The average Bonchev–Trinajstić information content (AvgIpc) is 3.06. The summed E-state index contributed by atoms with van der Waals surface area (Å²) >= 11 is 0. The van der Waals surface area contributed by atoms with Crippen molar-refractivity contribution in [1.29, 1.82) is 0 Å². The minimum Gasteiger partial charge on any atom is -0.478 e. The highest BCUT2D eigenvalue weighted by molar-refractivity contribution is 6.12. The summed E-state index contributed by atoms with van der Waals surface area (Å²) in [5, 5.41) is 10.3. The van der Waals surface area contributed by atoms with Crippen molar-refractivity contribution in [3.8, 4) is 11.1 Å². The van der Waals surface area contributed by atoms with Crippen molar-refractivity contribution in [2.24, 2.45) is 5.92 Å². The fraction of sp³-hybridized carbons (Fsp3) is 0.304. The summed E-state index contributed by atoms with van der Waals surface area (Å²) in [5.41, 5.74) is 4.15. The number of carbonyl (C=O) groups excluding carboxylic acids is 1. The van der Waals surface area contributed by atoms with E-state index in [2.05, 4.69) is 4.98 Å². The second-order valence-corrected chi connectivity index (χ2v) is 7.46. The van der Waals surface area contributed by atoms with Gasteiger partial charge in [-0.25, -0.2) is 4.79 Å². The molecule has 0 radical (unpaired) electrons. The molecule has 0 unspecified atom stereocenters. The Bertz CT molecular complexity index is 1010. The van der Waals surface area contributed by atoms with Gasteiger partial charge in [-0.2, -0.15) is 0 Å². The first-order chi connectivity index (χ1) is 13.1. The van der Waals surface area contributed by atoms with Gasteiger partial charge in [0.15, 0.2) is 5.78 Å². The maximum Gasteiger partial charge on any atom is 0.335 e. The number of benzene rings is 2. The number of H-pyrrole nitrogens is 1. The molecule has 0 amide bonds. The lowest BCUT2D eigenvalue weighted by Crippen LogP contribution is -2.18. The van der Waals surface area contributed by atoms with Crippen molar-refractivity contribution in [3.05, 3.63) is 59.3 Å². The van der Waals surface area contributed by atoms with Crippen molar-refractivity contribution in [2.45, 2.75) is 39.0 Å².